The second-order valence-corrected chi connectivity index (χ2v) is 7.47. The van der Waals surface area contributed by atoms with Gasteiger partial charge in [0, 0.05) is 25.5 Å². The van der Waals surface area contributed by atoms with E-state index in [1.54, 1.807) is 12.1 Å². The van der Waals surface area contributed by atoms with Crippen molar-refractivity contribution in [3.8, 4) is 0 Å². The Morgan fingerprint density at radius 2 is 1.62 bits per heavy atom. The zero-order chi connectivity index (χ0) is 23.3. The molecule has 2 amide bonds. The summed E-state index contributed by atoms with van der Waals surface area (Å²) in [5.41, 5.74) is 1.47. The molecule has 0 aliphatic carbocycles. The van der Waals surface area contributed by atoms with E-state index in [0.717, 1.165) is 17.8 Å². The molecule has 0 spiro atoms. The molecule has 0 aliphatic rings. The summed E-state index contributed by atoms with van der Waals surface area (Å²) in [6.07, 6.45) is 1.46. The van der Waals surface area contributed by atoms with Crippen LogP contribution in [-0.2, 0) is 4.79 Å². The maximum atomic E-state index is 14.0. The number of nitrogens with one attached hydrogen (secondary N) is 2. The monoisotopic (exact) mass is 455 g/mol. The Morgan fingerprint density at radius 3 is 2.25 bits per heavy atom. The van der Waals surface area contributed by atoms with Crippen LogP contribution in [0.25, 0.3) is 6.08 Å². The molecule has 5 nitrogen and oxygen atoms in total. The Bertz CT molecular complexity index is 1180. The van der Waals surface area contributed by atoms with Gasteiger partial charge in [0.05, 0.1) is 10.6 Å². The molecule has 0 fully saturated rings. The van der Waals surface area contributed by atoms with Gasteiger partial charge in [-0.25, -0.2) is 8.78 Å². The number of benzene rings is 3. The lowest BCUT2D eigenvalue weighted by Crippen LogP contribution is -2.31. The highest BCUT2D eigenvalue weighted by Gasteiger charge is 2.18. The molecule has 32 heavy (non-hydrogen) atoms. The van der Waals surface area contributed by atoms with Crippen LogP contribution in [0.1, 0.15) is 15.9 Å². The third-order valence-corrected chi connectivity index (χ3v) is 4.80. The molecule has 0 aromatic heterocycles. The average molecular weight is 456 g/mol. The SMILES string of the molecule is CN(C)c1ccc(C=C(NC(=O)c2ccccc2F)C(=O)Nc2ccc(F)c(Cl)c2)cc1. The number of rotatable bonds is 6. The van der Waals surface area contributed by atoms with Crippen LogP contribution in [0.4, 0.5) is 20.2 Å². The first-order chi connectivity index (χ1) is 15.2. The number of hydrogen-bond acceptors (Lipinski definition) is 3. The smallest absolute Gasteiger partial charge is 0.272 e. The molecule has 0 bridgehead atoms. The molecular weight excluding hydrogens is 436 g/mol. The lowest BCUT2D eigenvalue weighted by Gasteiger charge is -2.13. The van der Waals surface area contributed by atoms with Gasteiger partial charge in [-0.15, -0.1) is 0 Å². The predicted octanol–water partition coefficient (Wildman–Crippen LogP) is 5.09. The van der Waals surface area contributed by atoms with Crippen LogP contribution in [0.3, 0.4) is 0 Å². The fourth-order valence-corrected chi connectivity index (χ4v) is 2.98. The number of halogens is 3. The van der Waals surface area contributed by atoms with Crippen LogP contribution < -0.4 is 15.5 Å². The molecule has 3 aromatic rings. The van der Waals surface area contributed by atoms with Gasteiger partial charge in [-0.2, -0.15) is 0 Å². The number of amides is 2. The van der Waals surface area contributed by atoms with Crippen molar-refractivity contribution in [2.45, 2.75) is 0 Å². The molecule has 3 aromatic carbocycles. The van der Waals surface area contributed by atoms with Gasteiger partial charge in [0.15, 0.2) is 0 Å². The first-order valence-corrected chi connectivity index (χ1v) is 9.94. The number of hydrogen-bond donors (Lipinski definition) is 2. The summed E-state index contributed by atoms with van der Waals surface area (Å²) in [7, 11) is 3.79. The van der Waals surface area contributed by atoms with Gasteiger partial charge in [0.25, 0.3) is 11.8 Å². The Kier molecular flexibility index (Phi) is 7.22. The zero-order valence-corrected chi connectivity index (χ0v) is 18.1. The van der Waals surface area contributed by atoms with E-state index < -0.39 is 23.4 Å². The third kappa shape index (κ3) is 5.70. The van der Waals surface area contributed by atoms with Gasteiger partial charge in [0.1, 0.15) is 17.3 Å². The van der Waals surface area contributed by atoms with E-state index in [0.29, 0.717) is 5.56 Å². The highest BCUT2D eigenvalue weighted by atomic mass is 35.5. The van der Waals surface area contributed by atoms with Crippen molar-refractivity contribution in [1.82, 2.24) is 5.32 Å². The van der Waals surface area contributed by atoms with Crippen molar-refractivity contribution in [3.63, 3.8) is 0 Å². The summed E-state index contributed by atoms with van der Waals surface area (Å²) in [6.45, 7) is 0. The van der Waals surface area contributed by atoms with Gasteiger partial charge in [-0.05, 0) is 54.1 Å². The fraction of sp³-hybridized carbons (Fsp3) is 0.0833. The van der Waals surface area contributed by atoms with Crippen molar-refractivity contribution < 1.29 is 18.4 Å². The van der Waals surface area contributed by atoms with E-state index in [1.165, 1.54) is 36.4 Å². The van der Waals surface area contributed by atoms with Crippen molar-refractivity contribution in [2.75, 3.05) is 24.3 Å². The van der Waals surface area contributed by atoms with Crippen molar-refractivity contribution >= 4 is 40.9 Å². The van der Waals surface area contributed by atoms with Crippen LogP contribution in [-0.4, -0.2) is 25.9 Å². The van der Waals surface area contributed by atoms with Gasteiger partial charge in [-0.3, -0.25) is 9.59 Å². The maximum absolute atomic E-state index is 14.0. The summed E-state index contributed by atoms with van der Waals surface area (Å²) in [5.74, 6) is -2.82. The first-order valence-electron chi connectivity index (χ1n) is 9.56. The van der Waals surface area contributed by atoms with Crippen molar-refractivity contribution in [1.29, 1.82) is 0 Å². The van der Waals surface area contributed by atoms with Crippen LogP contribution in [0.15, 0.2) is 72.4 Å². The second-order valence-electron chi connectivity index (χ2n) is 7.06. The average Bonchev–Trinajstić information content (AvgIpc) is 2.76. The van der Waals surface area contributed by atoms with E-state index in [2.05, 4.69) is 10.6 Å². The number of nitrogens with zero attached hydrogens (tertiary/aromatic N) is 1. The number of carbonyl (C=O) groups excluding carboxylic acids is 2. The first kappa shape index (κ1) is 23.0. The molecule has 2 N–H and O–H groups in total. The lowest BCUT2D eigenvalue weighted by atomic mass is 10.1. The summed E-state index contributed by atoms with van der Waals surface area (Å²) in [6, 6.07) is 16.4. The topological polar surface area (TPSA) is 61.4 Å². The minimum atomic E-state index is -0.786. The molecule has 0 aliphatic heterocycles. The van der Waals surface area contributed by atoms with Gasteiger partial charge >= 0.3 is 0 Å². The van der Waals surface area contributed by atoms with Crippen molar-refractivity contribution in [2.24, 2.45) is 0 Å². The van der Waals surface area contributed by atoms with Crippen LogP contribution in [0.2, 0.25) is 5.02 Å². The maximum Gasteiger partial charge on any atom is 0.272 e. The predicted molar refractivity (Wildman–Crippen MR) is 123 cm³/mol. The van der Waals surface area contributed by atoms with Crippen molar-refractivity contribution in [3.05, 3.63) is 100 Å². The molecule has 8 heteroatoms. The minimum absolute atomic E-state index is 0.128. The summed E-state index contributed by atoms with van der Waals surface area (Å²) >= 11 is 5.77. The Labute approximate surface area is 189 Å². The Morgan fingerprint density at radius 1 is 0.938 bits per heavy atom. The molecule has 3 rings (SSSR count). The third-order valence-electron chi connectivity index (χ3n) is 4.51. The molecule has 0 saturated heterocycles. The number of carbonyl (C=O) groups is 2. The Balaban J connectivity index is 1.92. The minimum Gasteiger partial charge on any atom is -0.378 e. The Hall–Kier alpha value is -3.71. The standard InChI is InChI=1S/C24H20ClF2N3O2/c1-30(2)17-10-7-15(8-11-17)13-22(29-23(31)18-5-3-4-6-20(18)26)24(32)28-16-9-12-21(27)19(25)14-16/h3-14H,1-2H3,(H,28,32)(H,29,31). The molecule has 0 atom stereocenters. The highest BCUT2D eigenvalue weighted by molar-refractivity contribution is 6.31. The van der Waals surface area contributed by atoms with Crippen LogP contribution in [0.5, 0.6) is 0 Å². The van der Waals surface area contributed by atoms with E-state index in [4.69, 9.17) is 11.6 Å². The van der Waals surface area contributed by atoms with Gasteiger partial charge in [-0.1, -0.05) is 35.9 Å². The van der Waals surface area contributed by atoms with Gasteiger partial charge in [0.2, 0.25) is 0 Å². The zero-order valence-electron chi connectivity index (χ0n) is 17.3. The normalized spacial score (nSPS) is 11.1. The fourth-order valence-electron chi connectivity index (χ4n) is 2.80. The summed E-state index contributed by atoms with van der Waals surface area (Å²) < 4.78 is 27.4. The molecule has 0 radical (unpaired) electrons. The van der Waals surface area contributed by atoms with Crippen LogP contribution in [0, 0.1) is 11.6 Å². The summed E-state index contributed by atoms with van der Waals surface area (Å²) in [4.78, 5) is 27.4. The molecular formula is C24H20ClF2N3O2. The quantitative estimate of drug-likeness (QED) is 0.509. The van der Waals surface area contributed by atoms with E-state index in [-0.39, 0.29) is 22.0 Å². The van der Waals surface area contributed by atoms with E-state index in [1.807, 2.05) is 31.1 Å². The second kappa shape index (κ2) is 10.1. The number of anilines is 2. The van der Waals surface area contributed by atoms with E-state index >= 15 is 0 Å². The largest absolute Gasteiger partial charge is 0.378 e. The molecule has 0 heterocycles. The van der Waals surface area contributed by atoms with E-state index in [9.17, 15) is 18.4 Å². The molecule has 0 unspecified atom stereocenters. The molecule has 164 valence electrons. The van der Waals surface area contributed by atoms with Gasteiger partial charge < -0.3 is 15.5 Å². The van der Waals surface area contributed by atoms with Crippen LogP contribution >= 0.6 is 11.6 Å². The molecule has 0 saturated carbocycles. The summed E-state index contributed by atoms with van der Waals surface area (Å²) in [5, 5.41) is 4.85. The highest BCUT2D eigenvalue weighted by Crippen LogP contribution is 2.20. The lowest BCUT2D eigenvalue weighted by molar-refractivity contribution is -0.113.